The van der Waals surface area contributed by atoms with Crippen LogP contribution in [0.4, 0.5) is 4.39 Å². The minimum Gasteiger partial charge on any atom is -0.480 e. The van der Waals surface area contributed by atoms with Gasteiger partial charge in [-0.1, -0.05) is 6.07 Å². The molecule has 1 amide bonds. The summed E-state index contributed by atoms with van der Waals surface area (Å²) in [7, 11) is 1.40. The standard InChI is InChI=1S/C17H17FN2O5/c1-10(17(22)23)25-12-6-5-11(14(18)8-12)9-20-15(21)13-4-3-7-19-16(13)24-2/h3-8,10H,9H2,1-2H3,(H,20,21)(H,22,23). The van der Waals surface area contributed by atoms with E-state index < -0.39 is 23.8 Å². The SMILES string of the molecule is COc1ncccc1C(=O)NCc1ccc(OC(C)C(=O)O)cc1F. The van der Waals surface area contributed by atoms with Crippen molar-refractivity contribution in [3.8, 4) is 11.6 Å². The van der Waals surface area contributed by atoms with Crippen LogP contribution in [-0.4, -0.2) is 35.2 Å². The molecule has 0 aliphatic rings. The van der Waals surface area contributed by atoms with E-state index in [-0.39, 0.29) is 29.3 Å². The van der Waals surface area contributed by atoms with E-state index in [1.165, 1.54) is 32.4 Å². The highest BCUT2D eigenvalue weighted by atomic mass is 19.1. The molecule has 132 valence electrons. The van der Waals surface area contributed by atoms with E-state index in [1.807, 2.05) is 0 Å². The van der Waals surface area contributed by atoms with E-state index in [9.17, 15) is 14.0 Å². The van der Waals surface area contributed by atoms with Gasteiger partial charge in [0.15, 0.2) is 6.10 Å². The molecule has 0 aliphatic heterocycles. The number of benzene rings is 1. The van der Waals surface area contributed by atoms with Crippen LogP contribution in [0.25, 0.3) is 0 Å². The molecule has 0 bridgehead atoms. The first kappa shape index (κ1) is 18.2. The highest BCUT2D eigenvalue weighted by Gasteiger charge is 2.15. The highest BCUT2D eigenvalue weighted by Crippen LogP contribution is 2.19. The van der Waals surface area contributed by atoms with E-state index in [2.05, 4.69) is 10.3 Å². The number of pyridine rings is 1. The highest BCUT2D eigenvalue weighted by molar-refractivity contribution is 5.96. The van der Waals surface area contributed by atoms with E-state index >= 15 is 0 Å². The van der Waals surface area contributed by atoms with Crippen LogP contribution in [0.5, 0.6) is 11.6 Å². The van der Waals surface area contributed by atoms with Gasteiger partial charge in [-0.15, -0.1) is 0 Å². The van der Waals surface area contributed by atoms with Crippen molar-refractivity contribution in [2.75, 3.05) is 7.11 Å². The second kappa shape index (κ2) is 8.09. The van der Waals surface area contributed by atoms with Crippen molar-refractivity contribution in [2.45, 2.75) is 19.6 Å². The summed E-state index contributed by atoms with van der Waals surface area (Å²) in [5.41, 5.74) is 0.465. The summed E-state index contributed by atoms with van der Waals surface area (Å²) in [5.74, 6) is -1.96. The number of carbonyl (C=O) groups is 2. The molecule has 2 aromatic rings. The number of carboxylic acids is 1. The van der Waals surface area contributed by atoms with Gasteiger partial charge in [0.05, 0.1) is 7.11 Å². The lowest BCUT2D eigenvalue weighted by Gasteiger charge is -2.12. The number of nitrogens with zero attached hydrogens (tertiary/aromatic N) is 1. The minimum atomic E-state index is -1.15. The van der Waals surface area contributed by atoms with Gasteiger partial charge >= 0.3 is 5.97 Å². The maximum atomic E-state index is 14.1. The number of halogens is 1. The molecule has 0 aliphatic carbocycles. The number of aromatic nitrogens is 1. The first-order valence-corrected chi connectivity index (χ1v) is 7.37. The third kappa shape index (κ3) is 4.66. The van der Waals surface area contributed by atoms with E-state index in [0.717, 1.165) is 6.07 Å². The Morgan fingerprint density at radius 3 is 2.76 bits per heavy atom. The molecule has 0 fully saturated rings. The topological polar surface area (TPSA) is 97.8 Å². The van der Waals surface area contributed by atoms with Crippen molar-refractivity contribution in [3.63, 3.8) is 0 Å². The van der Waals surface area contributed by atoms with Crippen molar-refractivity contribution in [1.29, 1.82) is 0 Å². The Labute approximate surface area is 143 Å². The summed E-state index contributed by atoms with van der Waals surface area (Å²) in [6, 6.07) is 7.07. The summed E-state index contributed by atoms with van der Waals surface area (Å²) in [6.45, 7) is 1.28. The number of carboxylic acid groups (broad SMARTS) is 1. The Balaban J connectivity index is 2.03. The van der Waals surface area contributed by atoms with Gasteiger partial charge in [0.25, 0.3) is 5.91 Å². The summed E-state index contributed by atoms with van der Waals surface area (Å²) < 4.78 is 24.2. The molecule has 1 aromatic heterocycles. The van der Waals surface area contributed by atoms with Gasteiger partial charge in [0.1, 0.15) is 17.1 Å². The lowest BCUT2D eigenvalue weighted by Crippen LogP contribution is -2.24. The smallest absolute Gasteiger partial charge is 0.344 e. The minimum absolute atomic E-state index is 0.0581. The lowest BCUT2D eigenvalue weighted by atomic mass is 10.2. The first-order valence-electron chi connectivity index (χ1n) is 7.37. The summed E-state index contributed by atoms with van der Waals surface area (Å²) >= 11 is 0. The molecular formula is C17H17FN2O5. The van der Waals surface area contributed by atoms with Gasteiger partial charge in [0, 0.05) is 24.4 Å². The Hall–Kier alpha value is -3.16. The van der Waals surface area contributed by atoms with Gasteiger partial charge in [-0.2, -0.15) is 0 Å². The number of ether oxygens (including phenoxy) is 2. The third-order valence-corrected chi connectivity index (χ3v) is 3.33. The molecule has 0 radical (unpaired) electrons. The van der Waals surface area contributed by atoms with Crippen molar-refractivity contribution < 1.29 is 28.6 Å². The number of hydrogen-bond acceptors (Lipinski definition) is 5. The molecule has 7 nitrogen and oxygen atoms in total. The normalized spacial score (nSPS) is 11.5. The van der Waals surface area contributed by atoms with E-state index in [4.69, 9.17) is 14.6 Å². The maximum Gasteiger partial charge on any atom is 0.344 e. The van der Waals surface area contributed by atoms with Crippen LogP contribution in [0.2, 0.25) is 0 Å². The van der Waals surface area contributed by atoms with Crippen molar-refractivity contribution in [2.24, 2.45) is 0 Å². The monoisotopic (exact) mass is 348 g/mol. The zero-order chi connectivity index (χ0) is 18.4. The number of hydrogen-bond donors (Lipinski definition) is 2. The summed E-state index contributed by atoms with van der Waals surface area (Å²) in [5, 5.41) is 11.4. The van der Waals surface area contributed by atoms with Crippen LogP contribution in [-0.2, 0) is 11.3 Å². The number of nitrogens with one attached hydrogen (secondary N) is 1. The largest absolute Gasteiger partial charge is 0.480 e. The molecule has 1 atom stereocenters. The predicted octanol–water partition coefficient (Wildman–Crippen LogP) is 2.01. The van der Waals surface area contributed by atoms with Crippen LogP contribution in [0.1, 0.15) is 22.8 Å². The fraction of sp³-hybridized carbons (Fsp3) is 0.235. The Morgan fingerprint density at radius 2 is 2.12 bits per heavy atom. The molecule has 2 N–H and O–H groups in total. The van der Waals surface area contributed by atoms with Gasteiger partial charge < -0.3 is 19.9 Å². The van der Waals surface area contributed by atoms with Crippen molar-refractivity contribution in [1.82, 2.24) is 10.3 Å². The first-order chi connectivity index (χ1) is 11.9. The van der Waals surface area contributed by atoms with Gasteiger partial charge in [-0.05, 0) is 25.1 Å². The fourth-order valence-electron chi connectivity index (χ4n) is 2.00. The molecular weight excluding hydrogens is 331 g/mol. The molecule has 8 heteroatoms. The van der Waals surface area contributed by atoms with Crippen LogP contribution >= 0.6 is 0 Å². The third-order valence-electron chi connectivity index (χ3n) is 3.33. The van der Waals surface area contributed by atoms with Crippen LogP contribution in [0.3, 0.4) is 0 Å². The Morgan fingerprint density at radius 1 is 1.36 bits per heavy atom. The second-order valence-corrected chi connectivity index (χ2v) is 5.09. The molecule has 2 rings (SSSR count). The molecule has 0 saturated carbocycles. The van der Waals surface area contributed by atoms with E-state index in [1.54, 1.807) is 12.1 Å². The summed E-state index contributed by atoms with van der Waals surface area (Å²) in [4.78, 5) is 26.8. The van der Waals surface area contributed by atoms with Crippen molar-refractivity contribution >= 4 is 11.9 Å². The lowest BCUT2D eigenvalue weighted by molar-refractivity contribution is -0.144. The zero-order valence-corrected chi connectivity index (χ0v) is 13.7. The molecule has 0 saturated heterocycles. The average Bonchev–Trinajstić information content (AvgIpc) is 2.60. The fourth-order valence-corrected chi connectivity index (χ4v) is 2.00. The van der Waals surface area contributed by atoms with Crippen LogP contribution in [0, 0.1) is 5.82 Å². The zero-order valence-electron chi connectivity index (χ0n) is 13.7. The molecule has 25 heavy (non-hydrogen) atoms. The van der Waals surface area contributed by atoms with Gasteiger partial charge in [0.2, 0.25) is 5.88 Å². The van der Waals surface area contributed by atoms with E-state index in [0.29, 0.717) is 0 Å². The molecule has 1 unspecified atom stereocenters. The number of aliphatic carboxylic acids is 1. The maximum absolute atomic E-state index is 14.1. The van der Waals surface area contributed by atoms with Gasteiger partial charge in [-0.3, -0.25) is 4.79 Å². The molecule has 0 spiro atoms. The predicted molar refractivity (Wildman–Crippen MR) is 86.1 cm³/mol. The van der Waals surface area contributed by atoms with Crippen LogP contribution in [0.15, 0.2) is 36.5 Å². The summed E-state index contributed by atoms with van der Waals surface area (Å²) in [6.07, 6.45) is 0.398. The molecule has 1 aromatic carbocycles. The average molecular weight is 348 g/mol. The quantitative estimate of drug-likeness (QED) is 0.794. The van der Waals surface area contributed by atoms with Gasteiger partial charge in [-0.25, -0.2) is 14.2 Å². The van der Waals surface area contributed by atoms with Crippen LogP contribution < -0.4 is 14.8 Å². The van der Waals surface area contributed by atoms with Crippen molar-refractivity contribution in [3.05, 3.63) is 53.5 Å². The number of carbonyl (C=O) groups excluding carboxylic acids is 1. The molecule has 1 heterocycles. The second-order valence-electron chi connectivity index (χ2n) is 5.09. The Bertz CT molecular complexity index is 781. The Kier molecular flexibility index (Phi) is 5.89. The number of rotatable bonds is 7. The number of amides is 1. The number of methoxy groups -OCH3 is 1.